The van der Waals surface area contributed by atoms with Crippen LogP contribution in [0.4, 0.5) is 5.69 Å². The summed E-state index contributed by atoms with van der Waals surface area (Å²) < 4.78 is 27.7. The van der Waals surface area contributed by atoms with Crippen LogP contribution in [-0.2, 0) is 21.4 Å². The van der Waals surface area contributed by atoms with E-state index in [-0.39, 0.29) is 11.4 Å². The van der Waals surface area contributed by atoms with Crippen LogP contribution in [0.5, 0.6) is 0 Å². The summed E-state index contributed by atoms with van der Waals surface area (Å²) in [6.07, 6.45) is 0. The van der Waals surface area contributed by atoms with Gasteiger partial charge < -0.3 is 5.32 Å². The van der Waals surface area contributed by atoms with Gasteiger partial charge in [0.2, 0.25) is 5.91 Å². The van der Waals surface area contributed by atoms with Crippen molar-refractivity contribution in [1.29, 1.82) is 0 Å². The molecular formula is C22H21ClN2O3S. The largest absolute Gasteiger partial charge is 0.350 e. The minimum atomic E-state index is -3.96. The SMILES string of the molecule is Cc1c(Cl)cccc1N(CC(=O)NCc1ccccc1)S(=O)(=O)c1ccccc1. The van der Waals surface area contributed by atoms with Gasteiger partial charge in [-0.05, 0) is 42.3 Å². The predicted molar refractivity (Wildman–Crippen MR) is 115 cm³/mol. The van der Waals surface area contributed by atoms with E-state index < -0.39 is 15.9 Å². The van der Waals surface area contributed by atoms with E-state index >= 15 is 0 Å². The molecule has 0 saturated carbocycles. The summed E-state index contributed by atoms with van der Waals surface area (Å²) in [5.41, 5.74) is 1.89. The highest BCUT2D eigenvalue weighted by Gasteiger charge is 2.28. The van der Waals surface area contributed by atoms with Crippen LogP contribution in [-0.4, -0.2) is 20.9 Å². The number of hydrogen-bond donors (Lipinski definition) is 1. The van der Waals surface area contributed by atoms with Crippen molar-refractivity contribution in [3.63, 3.8) is 0 Å². The Hall–Kier alpha value is -2.83. The van der Waals surface area contributed by atoms with Crippen molar-refractivity contribution in [1.82, 2.24) is 5.32 Å². The lowest BCUT2D eigenvalue weighted by molar-refractivity contribution is -0.119. The van der Waals surface area contributed by atoms with Crippen molar-refractivity contribution in [2.45, 2.75) is 18.4 Å². The molecule has 29 heavy (non-hydrogen) atoms. The molecule has 150 valence electrons. The summed E-state index contributed by atoms with van der Waals surface area (Å²) in [4.78, 5) is 12.7. The number of rotatable bonds is 7. The molecule has 5 nitrogen and oxygen atoms in total. The van der Waals surface area contributed by atoms with E-state index in [1.807, 2.05) is 30.3 Å². The van der Waals surface area contributed by atoms with Gasteiger partial charge in [0.25, 0.3) is 10.0 Å². The Labute approximate surface area is 176 Å². The molecule has 0 spiro atoms. The van der Waals surface area contributed by atoms with E-state index in [0.717, 1.165) is 9.87 Å². The first kappa shape index (κ1) is 20.9. The van der Waals surface area contributed by atoms with Crippen molar-refractivity contribution in [2.24, 2.45) is 0 Å². The van der Waals surface area contributed by atoms with Gasteiger partial charge in [-0.1, -0.05) is 66.2 Å². The van der Waals surface area contributed by atoms with Crippen molar-refractivity contribution < 1.29 is 13.2 Å². The standard InChI is InChI=1S/C22H21ClN2O3S/c1-17-20(23)13-8-14-21(17)25(29(27,28)19-11-6-3-7-12-19)16-22(26)24-15-18-9-4-2-5-10-18/h2-14H,15-16H2,1H3,(H,24,26). The zero-order valence-corrected chi connectivity index (χ0v) is 17.5. The highest BCUT2D eigenvalue weighted by molar-refractivity contribution is 7.92. The number of benzene rings is 3. The van der Waals surface area contributed by atoms with Gasteiger partial charge in [-0.25, -0.2) is 8.42 Å². The fourth-order valence-electron chi connectivity index (χ4n) is 2.87. The molecule has 0 heterocycles. The molecule has 0 radical (unpaired) electrons. The van der Waals surface area contributed by atoms with Crippen LogP contribution in [0.3, 0.4) is 0 Å². The van der Waals surface area contributed by atoms with Gasteiger partial charge in [0.05, 0.1) is 10.6 Å². The number of carbonyl (C=O) groups excluding carboxylic acids is 1. The topological polar surface area (TPSA) is 66.5 Å². The lowest BCUT2D eigenvalue weighted by Gasteiger charge is -2.26. The summed E-state index contributed by atoms with van der Waals surface area (Å²) >= 11 is 6.21. The third-order valence-electron chi connectivity index (χ3n) is 4.46. The van der Waals surface area contributed by atoms with Gasteiger partial charge in [-0.15, -0.1) is 0 Å². The Morgan fingerprint density at radius 2 is 1.55 bits per heavy atom. The molecule has 0 bridgehead atoms. The molecule has 0 atom stereocenters. The van der Waals surface area contributed by atoms with Gasteiger partial charge in [-0.2, -0.15) is 0 Å². The molecule has 1 N–H and O–H groups in total. The van der Waals surface area contributed by atoms with Crippen LogP contribution < -0.4 is 9.62 Å². The zero-order chi connectivity index (χ0) is 20.9. The maximum Gasteiger partial charge on any atom is 0.264 e. The Bertz CT molecular complexity index is 1090. The Balaban J connectivity index is 1.91. The fourth-order valence-corrected chi connectivity index (χ4v) is 4.54. The molecule has 0 aromatic heterocycles. The van der Waals surface area contributed by atoms with Gasteiger partial charge in [0.15, 0.2) is 0 Å². The summed E-state index contributed by atoms with van der Waals surface area (Å²) in [6, 6.07) is 22.5. The van der Waals surface area contributed by atoms with E-state index in [4.69, 9.17) is 11.6 Å². The summed E-state index contributed by atoms with van der Waals surface area (Å²) in [5.74, 6) is -0.410. The number of halogens is 1. The normalized spacial score (nSPS) is 11.1. The Morgan fingerprint density at radius 3 is 2.21 bits per heavy atom. The average Bonchev–Trinajstić information content (AvgIpc) is 2.74. The smallest absolute Gasteiger partial charge is 0.264 e. The number of sulfonamides is 1. The highest BCUT2D eigenvalue weighted by atomic mass is 35.5. The molecule has 0 saturated heterocycles. The molecule has 0 aliphatic carbocycles. The molecule has 0 aliphatic rings. The van der Waals surface area contributed by atoms with Crippen molar-refractivity contribution in [2.75, 3.05) is 10.8 Å². The van der Waals surface area contributed by atoms with Crippen LogP contribution in [0, 0.1) is 6.92 Å². The minimum Gasteiger partial charge on any atom is -0.350 e. The number of amides is 1. The Kier molecular flexibility index (Phi) is 6.56. The third-order valence-corrected chi connectivity index (χ3v) is 6.64. The number of hydrogen-bond acceptors (Lipinski definition) is 3. The molecular weight excluding hydrogens is 408 g/mol. The van der Waals surface area contributed by atoms with E-state index in [2.05, 4.69) is 5.32 Å². The second-order valence-electron chi connectivity index (χ2n) is 6.47. The molecule has 7 heteroatoms. The maximum atomic E-state index is 13.3. The first-order valence-corrected chi connectivity index (χ1v) is 10.8. The molecule has 3 rings (SSSR count). The summed E-state index contributed by atoms with van der Waals surface area (Å²) in [7, 11) is -3.96. The maximum absolute atomic E-state index is 13.3. The van der Waals surface area contributed by atoms with Crippen molar-refractivity contribution >= 4 is 33.2 Å². The fraction of sp³-hybridized carbons (Fsp3) is 0.136. The molecule has 3 aromatic carbocycles. The first-order chi connectivity index (χ1) is 13.9. The minimum absolute atomic E-state index is 0.107. The number of anilines is 1. The van der Waals surface area contributed by atoms with E-state index in [9.17, 15) is 13.2 Å². The lowest BCUT2D eigenvalue weighted by Crippen LogP contribution is -2.41. The van der Waals surface area contributed by atoms with Gasteiger partial charge in [0, 0.05) is 11.6 Å². The van der Waals surface area contributed by atoms with Crippen LogP contribution in [0.2, 0.25) is 5.02 Å². The number of nitrogens with one attached hydrogen (secondary N) is 1. The monoisotopic (exact) mass is 428 g/mol. The van der Waals surface area contributed by atoms with E-state index in [0.29, 0.717) is 22.8 Å². The molecule has 3 aromatic rings. The number of nitrogens with zero attached hydrogens (tertiary/aromatic N) is 1. The van der Waals surface area contributed by atoms with Gasteiger partial charge in [-0.3, -0.25) is 9.10 Å². The second kappa shape index (κ2) is 9.11. The predicted octanol–water partition coefficient (Wildman–Crippen LogP) is 4.16. The third kappa shape index (κ3) is 4.96. The second-order valence-corrected chi connectivity index (χ2v) is 8.74. The lowest BCUT2D eigenvalue weighted by atomic mass is 10.2. The molecule has 0 aliphatic heterocycles. The summed E-state index contributed by atoms with van der Waals surface area (Å²) in [6.45, 7) is 1.69. The van der Waals surface area contributed by atoms with Crippen LogP contribution >= 0.6 is 11.6 Å². The zero-order valence-electron chi connectivity index (χ0n) is 15.9. The van der Waals surface area contributed by atoms with Crippen LogP contribution in [0.1, 0.15) is 11.1 Å². The first-order valence-electron chi connectivity index (χ1n) is 9.03. The molecule has 0 fully saturated rings. The highest BCUT2D eigenvalue weighted by Crippen LogP contribution is 2.30. The van der Waals surface area contributed by atoms with E-state index in [1.165, 1.54) is 12.1 Å². The quantitative estimate of drug-likeness (QED) is 0.614. The number of carbonyl (C=O) groups is 1. The van der Waals surface area contributed by atoms with E-state index in [1.54, 1.807) is 43.3 Å². The molecule has 0 unspecified atom stereocenters. The molecule has 1 amide bonds. The Morgan fingerprint density at radius 1 is 0.931 bits per heavy atom. The van der Waals surface area contributed by atoms with Crippen LogP contribution in [0.25, 0.3) is 0 Å². The summed E-state index contributed by atoms with van der Waals surface area (Å²) in [5, 5.41) is 3.21. The average molecular weight is 429 g/mol. The van der Waals surface area contributed by atoms with Gasteiger partial charge >= 0.3 is 0 Å². The van der Waals surface area contributed by atoms with Crippen molar-refractivity contribution in [3.05, 3.63) is 95.0 Å². The van der Waals surface area contributed by atoms with Gasteiger partial charge in [0.1, 0.15) is 6.54 Å². The van der Waals surface area contributed by atoms with Crippen LogP contribution in [0.15, 0.2) is 83.8 Å². The van der Waals surface area contributed by atoms with Crippen molar-refractivity contribution in [3.8, 4) is 0 Å².